The first kappa shape index (κ1) is 51.2. The minimum atomic E-state index is -0.975. The maximum atomic E-state index is 7.55. The van der Waals surface area contributed by atoms with Crippen LogP contribution in [0.15, 0.2) is 217 Å². The predicted octanol–water partition coefficient (Wildman–Crippen LogP) is 12.2. The quantitative estimate of drug-likeness (QED) is 0.0431. The third-order valence-corrected chi connectivity index (χ3v) is 14.5. The molecule has 0 radical (unpaired) electrons. The molecule has 2 aliphatic rings. The zero-order valence-electron chi connectivity index (χ0n) is 39.6. The van der Waals surface area contributed by atoms with Gasteiger partial charge in [-0.1, -0.05) is 235 Å². The zero-order chi connectivity index (χ0) is 48.3. The second-order valence-electron chi connectivity index (χ2n) is 17.6. The predicted molar refractivity (Wildman–Crippen MR) is 285 cm³/mol. The number of halogens is 1. The van der Waals surface area contributed by atoms with E-state index in [-0.39, 0.29) is 13.2 Å². The van der Waals surface area contributed by atoms with Crippen LogP contribution in [0.3, 0.4) is 0 Å². The molecule has 0 unspecified atom stereocenters. The molecule has 0 aromatic heterocycles. The van der Waals surface area contributed by atoms with Gasteiger partial charge in [0.05, 0.1) is 52.4 Å². The average molecular weight is 1090 g/mol. The van der Waals surface area contributed by atoms with Crippen molar-refractivity contribution in [2.24, 2.45) is 0 Å². The molecule has 2 saturated heterocycles. The van der Waals surface area contributed by atoms with Crippen LogP contribution in [0.25, 0.3) is 0 Å². The highest BCUT2D eigenvalue weighted by atomic mass is 127. The Morgan fingerprint density at radius 3 is 1.13 bits per heavy atom. The SMILES string of the molecule is IC[C@H]1O[C@H](O[C@H]2[C@H](OCc3ccccc3)[C@@H](OCc3ccccc3)[C@H](Sc3ccccc3)O[C@@H]2COCc2ccccc2)[C@H](OCc2ccccc2)[C@@H](OCc2ccccc2)[C@@H]1OCc1ccccc1. The lowest BCUT2D eigenvalue weighted by Gasteiger charge is -2.50. The first-order chi connectivity index (χ1) is 35.2. The largest absolute Gasteiger partial charge is 0.374 e. The van der Waals surface area contributed by atoms with Crippen molar-refractivity contribution >= 4 is 34.4 Å². The number of alkyl halides is 1. The van der Waals surface area contributed by atoms with Gasteiger partial charge in [-0.3, -0.25) is 0 Å². The van der Waals surface area contributed by atoms with Gasteiger partial charge < -0.3 is 42.6 Å². The third kappa shape index (κ3) is 14.9. The van der Waals surface area contributed by atoms with Gasteiger partial charge >= 0.3 is 0 Å². The Morgan fingerprint density at radius 1 is 0.352 bits per heavy atom. The number of ether oxygens (including phenoxy) is 9. The maximum Gasteiger partial charge on any atom is 0.187 e. The van der Waals surface area contributed by atoms with Crippen molar-refractivity contribution in [3.05, 3.63) is 246 Å². The van der Waals surface area contributed by atoms with Crippen LogP contribution < -0.4 is 0 Å². The first-order valence-electron chi connectivity index (χ1n) is 24.3. The fraction of sp³-hybridized carbons (Fsp3) is 0.300. The van der Waals surface area contributed by atoms with E-state index in [1.165, 1.54) is 0 Å². The van der Waals surface area contributed by atoms with Crippen molar-refractivity contribution in [2.45, 2.75) is 105 Å². The Bertz CT molecular complexity index is 2540. The number of rotatable bonds is 24. The molecule has 71 heavy (non-hydrogen) atoms. The topological polar surface area (TPSA) is 83.1 Å². The summed E-state index contributed by atoms with van der Waals surface area (Å²) in [5.41, 5.74) is 5.63. The van der Waals surface area contributed by atoms with Crippen LogP contribution in [0.5, 0.6) is 0 Å². The molecule has 0 amide bonds. The van der Waals surface area contributed by atoms with Gasteiger partial charge in [0.15, 0.2) is 6.29 Å². The van der Waals surface area contributed by atoms with E-state index >= 15 is 0 Å². The van der Waals surface area contributed by atoms with Crippen LogP contribution >= 0.6 is 34.4 Å². The zero-order valence-corrected chi connectivity index (χ0v) is 42.6. The summed E-state index contributed by atoms with van der Waals surface area (Å²) in [7, 11) is 0. The van der Waals surface area contributed by atoms with Crippen molar-refractivity contribution in [1.82, 2.24) is 0 Å². The fourth-order valence-corrected chi connectivity index (χ4v) is 10.7. The molecule has 0 spiro atoms. The molecule has 9 nitrogen and oxygen atoms in total. The van der Waals surface area contributed by atoms with Crippen molar-refractivity contribution in [1.29, 1.82) is 0 Å². The summed E-state index contributed by atoms with van der Waals surface area (Å²) in [5, 5.41) is 0. The highest BCUT2D eigenvalue weighted by Crippen LogP contribution is 2.41. The summed E-state index contributed by atoms with van der Waals surface area (Å²) in [6.07, 6.45) is -6.11. The minimum absolute atomic E-state index is 0.191. The summed E-state index contributed by atoms with van der Waals surface area (Å²) in [6, 6.07) is 71.3. The van der Waals surface area contributed by atoms with E-state index in [2.05, 4.69) is 108 Å². The monoisotopic (exact) mass is 1080 g/mol. The smallest absolute Gasteiger partial charge is 0.187 e. The van der Waals surface area contributed by atoms with E-state index in [1.54, 1.807) is 11.8 Å². The Morgan fingerprint density at radius 2 is 0.704 bits per heavy atom. The number of benzene rings is 7. The van der Waals surface area contributed by atoms with Gasteiger partial charge in [-0.05, 0) is 45.5 Å². The van der Waals surface area contributed by atoms with E-state index in [0.717, 1.165) is 38.3 Å². The molecule has 368 valence electrons. The molecule has 2 fully saturated rings. The van der Waals surface area contributed by atoms with Gasteiger partial charge in [0.2, 0.25) is 0 Å². The second-order valence-corrected chi connectivity index (χ2v) is 19.6. The van der Waals surface area contributed by atoms with E-state index < -0.39 is 60.6 Å². The Labute approximate surface area is 436 Å². The van der Waals surface area contributed by atoms with Crippen molar-refractivity contribution < 1.29 is 42.6 Å². The molecule has 0 N–H and O–H groups in total. The molecular formula is C60H61IO9S. The van der Waals surface area contributed by atoms with Crippen molar-refractivity contribution in [2.75, 3.05) is 11.0 Å². The van der Waals surface area contributed by atoms with Crippen molar-refractivity contribution in [3.63, 3.8) is 0 Å². The summed E-state index contributed by atoms with van der Waals surface area (Å²) >= 11 is 3.98. The fourth-order valence-electron chi connectivity index (χ4n) is 8.81. The lowest BCUT2D eigenvalue weighted by atomic mass is 9.96. The van der Waals surface area contributed by atoms with Crippen LogP contribution in [-0.4, -0.2) is 71.6 Å². The van der Waals surface area contributed by atoms with E-state index in [1.807, 2.05) is 127 Å². The average Bonchev–Trinajstić information content (AvgIpc) is 3.43. The maximum absolute atomic E-state index is 7.55. The summed E-state index contributed by atoms with van der Waals surface area (Å²) in [6.45, 7) is 2.14. The van der Waals surface area contributed by atoms with Crippen LogP contribution in [0.2, 0.25) is 0 Å². The van der Waals surface area contributed by atoms with Crippen LogP contribution in [0, 0.1) is 0 Å². The van der Waals surface area contributed by atoms with E-state index in [4.69, 9.17) is 42.6 Å². The van der Waals surface area contributed by atoms with E-state index in [9.17, 15) is 0 Å². The molecule has 2 aliphatic heterocycles. The van der Waals surface area contributed by atoms with Gasteiger partial charge in [-0.25, -0.2) is 0 Å². The Kier molecular flexibility index (Phi) is 19.7. The Balaban J connectivity index is 1.11. The molecule has 9 rings (SSSR count). The van der Waals surface area contributed by atoms with Crippen LogP contribution in [0.1, 0.15) is 33.4 Å². The molecule has 0 bridgehead atoms. The van der Waals surface area contributed by atoms with E-state index in [0.29, 0.717) is 37.5 Å². The Hall–Kier alpha value is -4.74. The molecule has 11 heteroatoms. The van der Waals surface area contributed by atoms with Gasteiger partial charge in [-0.15, -0.1) is 0 Å². The molecule has 0 aliphatic carbocycles. The van der Waals surface area contributed by atoms with Crippen molar-refractivity contribution in [3.8, 4) is 0 Å². The number of hydrogen-bond donors (Lipinski definition) is 0. The first-order valence-corrected chi connectivity index (χ1v) is 26.7. The lowest BCUT2D eigenvalue weighted by Crippen LogP contribution is -2.65. The molecule has 0 saturated carbocycles. The van der Waals surface area contributed by atoms with Gasteiger partial charge in [-0.2, -0.15) is 0 Å². The number of thioether (sulfide) groups is 1. The number of hydrogen-bond acceptors (Lipinski definition) is 10. The van der Waals surface area contributed by atoms with Gasteiger partial charge in [0.25, 0.3) is 0 Å². The highest BCUT2D eigenvalue weighted by Gasteiger charge is 2.54. The third-order valence-electron chi connectivity index (χ3n) is 12.4. The molecule has 10 atom stereocenters. The second kappa shape index (κ2) is 27.4. The summed E-state index contributed by atoms with van der Waals surface area (Å²) < 4.78 is 64.5. The van der Waals surface area contributed by atoms with Gasteiger partial charge in [0, 0.05) is 9.32 Å². The molecular weight excluding hydrogens is 1020 g/mol. The summed E-state index contributed by atoms with van der Waals surface area (Å²) in [5.74, 6) is 0. The molecule has 7 aromatic rings. The normalized spacial score (nSPS) is 24.4. The minimum Gasteiger partial charge on any atom is -0.374 e. The highest BCUT2D eigenvalue weighted by molar-refractivity contribution is 14.1. The van der Waals surface area contributed by atoms with Crippen LogP contribution in [-0.2, 0) is 82.3 Å². The van der Waals surface area contributed by atoms with Gasteiger partial charge in [0.1, 0.15) is 48.2 Å². The molecule has 2 heterocycles. The standard InChI is InChI=1S/C60H61IO9S/c61-36-51-53(63-38-45-24-10-2-11-25-45)55(64-39-46-26-12-3-13-27-46)57(66-41-48-30-16-5-17-31-48)59(68-51)70-54-52(43-62-37-44-22-8-1-9-23-44)69-60(71-50-34-20-7-21-35-50)58(67-42-49-32-18-6-19-33-49)56(54)65-40-47-28-14-4-15-29-47/h1-35,51-60H,36-43H2/t51-,52-,53-,54-,55+,56+,57-,58-,59-,60+/m1/s1. The summed E-state index contributed by atoms with van der Waals surface area (Å²) in [4.78, 5) is 1.03. The lowest BCUT2D eigenvalue weighted by molar-refractivity contribution is -0.353. The van der Waals surface area contributed by atoms with Crippen LogP contribution in [0.4, 0.5) is 0 Å². The molecule has 7 aromatic carbocycles.